The van der Waals surface area contributed by atoms with Crippen molar-refractivity contribution in [2.75, 3.05) is 37.7 Å². The average molecular weight is 572 g/mol. The molecule has 4 aromatic rings. The number of aryl methyl sites for hydroxylation is 1. The molecule has 7 nitrogen and oxygen atoms in total. The Morgan fingerprint density at radius 1 is 1.12 bits per heavy atom. The van der Waals surface area contributed by atoms with Crippen molar-refractivity contribution in [1.29, 1.82) is 0 Å². The Hall–Kier alpha value is -3.59. The molecular formula is C33H35F2N5O2. The SMILES string of the molecule is CCc1c(F)ccc2cc(O)cc(-c3ncc4c(N5CC6CC6C5)nc(OC[C@@]56CCCN5C[C@H](C)C6)nc4c3F)c12. The molecule has 4 aliphatic rings. The normalized spacial score (nSPS) is 26.8. The van der Waals surface area contributed by atoms with E-state index in [1.165, 1.54) is 18.6 Å². The van der Waals surface area contributed by atoms with Crippen molar-refractivity contribution in [1.82, 2.24) is 19.9 Å². The highest BCUT2D eigenvalue weighted by atomic mass is 19.1. The fourth-order valence-corrected chi connectivity index (χ4v) is 8.14. The lowest BCUT2D eigenvalue weighted by Gasteiger charge is -2.31. The number of aromatic nitrogens is 3. The van der Waals surface area contributed by atoms with Crippen LogP contribution in [0.1, 0.15) is 45.1 Å². The van der Waals surface area contributed by atoms with Crippen LogP contribution in [0.3, 0.4) is 0 Å². The van der Waals surface area contributed by atoms with Crippen LogP contribution >= 0.6 is 0 Å². The summed E-state index contributed by atoms with van der Waals surface area (Å²) in [6.07, 6.45) is 6.57. The minimum Gasteiger partial charge on any atom is -0.508 e. The Balaban J connectivity index is 1.26. The number of ether oxygens (including phenoxy) is 1. The maximum Gasteiger partial charge on any atom is 0.319 e. The molecule has 1 saturated carbocycles. The number of pyridine rings is 1. The molecule has 0 radical (unpaired) electrons. The van der Waals surface area contributed by atoms with Gasteiger partial charge >= 0.3 is 6.01 Å². The van der Waals surface area contributed by atoms with Crippen LogP contribution in [0.15, 0.2) is 30.5 Å². The van der Waals surface area contributed by atoms with Gasteiger partial charge in [-0.1, -0.05) is 19.9 Å². The van der Waals surface area contributed by atoms with Gasteiger partial charge in [-0.15, -0.1) is 0 Å². The zero-order valence-corrected chi connectivity index (χ0v) is 24.0. The van der Waals surface area contributed by atoms with Gasteiger partial charge in [0.25, 0.3) is 0 Å². The molecule has 9 heteroatoms. The van der Waals surface area contributed by atoms with Crippen molar-refractivity contribution >= 4 is 27.5 Å². The van der Waals surface area contributed by atoms with Crippen molar-refractivity contribution in [3.8, 4) is 23.0 Å². The lowest BCUT2D eigenvalue weighted by molar-refractivity contribution is 0.107. The fourth-order valence-electron chi connectivity index (χ4n) is 8.14. The van der Waals surface area contributed by atoms with Crippen LogP contribution in [-0.2, 0) is 6.42 Å². The molecule has 3 aliphatic heterocycles. The molecule has 42 heavy (non-hydrogen) atoms. The third kappa shape index (κ3) is 4.03. The van der Waals surface area contributed by atoms with E-state index in [1.54, 1.807) is 18.3 Å². The van der Waals surface area contributed by atoms with Crippen LogP contribution in [0.5, 0.6) is 11.8 Å². The third-order valence-electron chi connectivity index (χ3n) is 10.2. The van der Waals surface area contributed by atoms with Gasteiger partial charge in [-0.05, 0) is 90.9 Å². The second-order valence-corrected chi connectivity index (χ2v) is 13.0. The van der Waals surface area contributed by atoms with Gasteiger partial charge in [0, 0.05) is 31.4 Å². The van der Waals surface area contributed by atoms with Crippen molar-refractivity contribution in [3.05, 3.63) is 47.7 Å². The molecule has 0 spiro atoms. The Kier molecular flexibility index (Phi) is 5.87. The molecule has 8 rings (SSSR count). The van der Waals surface area contributed by atoms with Crippen LogP contribution < -0.4 is 9.64 Å². The monoisotopic (exact) mass is 571 g/mol. The van der Waals surface area contributed by atoms with Crippen LogP contribution in [0.25, 0.3) is 32.9 Å². The number of fused-ring (bicyclic) bond motifs is 4. The van der Waals surface area contributed by atoms with E-state index in [1.807, 2.05) is 6.92 Å². The van der Waals surface area contributed by atoms with E-state index in [2.05, 4.69) is 26.7 Å². The minimum atomic E-state index is -0.626. The molecule has 2 unspecified atom stereocenters. The predicted octanol–water partition coefficient (Wildman–Crippen LogP) is 6.10. The molecule has 1 aliphatic carbocycles. The van der Waals surface area contributed by atoms with Crippen molar-refractivity contribution in [2.24, 2.45) is 17.8 Å². The van der Waals surface area contributed by atoms with Gasteiger partial charge in [-0.2, -0.15) is 9.97 Å². The molecular weight excluding hydrogens is 536 g/mol. The van der Waals surface area contributed by atoms with Gasteiger partial charge in [-0.3, -0.25) is 9.88 Å². The molecule has 3 saturated heterocycles. The first kappa shape index (κ1) is 26.1. The smallest absolute Gasteiger partial charge is 0.319 e. The number of hydrogen-bond donors (Lipinski definition) is 1. The Morgan fingerprint density at radius 3 is 2.76 bits per heavy atom. The predicted molar refractivity (Wildman–Crippen MR) is 158 cm³/mol. The first-order valence-electron chi connectivity index (χ1n) is 15.3. The topological polar surface area (TPSA) is 74.6 Å². The van der Waals surface area contributed by atoms with E-state index in [0.29, 0.717) is 63.9 Å². The number of anilines is 1. The molecule has 1 N–H and O–H groups in total. The first-order valence-corrected chi connectivity index (χ1v) is 15.3. The van der Waals surface area contributed by atoms with E-state index < -0.39 is 5.82 Å². The van der Waals surface area contributed by atoms with Gasteiger partial charge in [0.1, 0.15) is 35.2 Å². The van der Waals surface area contributed by atoms with Crippen LogP contribution in [0.4, 0.5) is 14.6 Å². The highest BCUT2D eigenvalue weighted by Gasteiger charge is 2.48. The summed E-state index contributed by atoms with van der Waals surface area (Å²) in [5.74, 6) is 1.54. The molecule has 2 aromatic heterocycles. The highest BCUT2D eigenvalue weighted by molar-refractivity contribution is 6.01. The number of halogens is 2. The largest absolute Gasteiger partial charge is 0.508 e. The summed E-state index contributed by atoms with van der Waals surface area (Å²) in [6.45, 7) is 8.54. The summed E-state index contributed by atoms with van der Waals surface area (Å²) < 4.78 is 37.9. The number of aromatic hydroxyl groups is 1. The Labute approximate surface area is 243 Å². The second kappa shape index (κ2) is 9.46. The molecule has 5 heterocycles. The van der Waals surface area contributed by atoms with E-state index >= 15 is 4.39 Å². The highest BCUT2D eigenvalue weighted by Crippen LogP contribution is 2.48. The fraction of sp³-hybridized carbons (Fsp3) is 0.485. The molecule has 0 bridgehead atoms. The Morgan fingerprint density at radius 2 is 1.95 bits per heavy atom. The standard InChI is InChI=1S/C33H35F2N5O2/c1-3-23-26(34)6-5-19-10-22(41)11-24(27(19)23)29-28(35)30-25(13-36-29)31(39-15-20-9-21(20)16-39)38-32(37-30)42-17-33-7-4-8-40(33)14-18(2)12-33/h5-6,10-11,13,18,20-21,41H,3-4,7-9,12,14-17H2,1-2H3/t18-,20?,21?,33+/m1/s1. The lowest BCUT2D eigenvalue weighted by atomic mass is 9.92. The zero-order chi connectivity index (χ0) is 28.7. The maximum atomic E-state index is 16.7. The quantitative estimate of drug-likeness (QED) is 0.300. The van der Waals surface area contributed by atoms with E-state index in [9.17, 15) is 9.50 Å². The van der Waals surface area contributed by atoms with Crippen LogP contribution in [0, 0.1) is 29.4 Å². The van der Waals surface area contributed by atoms with Crippen molar-refractivity contribution in [2.45, 2.75) is 51.5 Å². The molecule has 4 fully saturated rings. The molecule has 218 valence electrons. The van der Waals surface area contributed by atoms with Crippen molar-refractivity contribution in [3.63, 3.8) is 0 Å². The third-order valence-corrected chi connectivity index (χ3v) is 10.2. The maximum absolute atomic E-state index is 16.7. The zero-order valence-electron chi connectivity index (χ0n) is 24.0. The van der Waals surface area contributed by atoms with Crippen molar-refractivity contribution < 1.29 is 18.6 Å². The van der Waals surface area contributed by atoms with Gasteiger partial charge in [0.05, 0.1) is 10.9 Å². The van der Waals surface area contributed by atoms with E-state index in [-0.39, 0.29) is 34.3 Å². The number of benzene rings is 2. The summed E-state index contributed by atoms with van der Waals surface area (Å²) in [4.78, 5) is 18.8. The van der Waals surface area contributed by atoms with E-state index in [0.717, 1.165) is 45.4 Å². The van der Waals surface area contributed by atoms with Crippen LogP contribution in [-0.4, -0.2) is 63.3 Å². The summed E-state index contributed by atoms with van der Waals surface area (Å²) in [7, 11) is 0. The summed E-state index contributed by atoms with van der Waals surface area (Å²) in [5, 5.41) is 12.2. The van der Waals surface area contributed by atoms with Gasteiger partial charge in [0.2, 0.25) is 0 Å². The molecule has 4 atom stereocenters. The van der Waals surface area contributed by atoms with E-state index in [4.69, 9.17) is 9.72 Å². The molecule has 0 amide bonds. The molecule has 2 aromatic carbocycles. The summed E-state index contributed by atoms with van der Waals surface area (Å²) >= 11 is 0. The number of hydrogen-bond acceptors (Lipinski definition) is 7. The van der Waals surface area contributed by atoms with Gasteiger partial charge in [-0.25, -0.2) is 8.78 Å². The average Bonchev–Trinajstić information content (AvgIpc) is 3.24. The summed E-state index contributed by atoms with van der Waals surface area (Å²) in [6, 6.07) is 6.19. The Bertz CT molecular complexity index is 1740. The summed E-state index contributed by atoms with van der Waals surface area (Å²) in [5.41, 5.74) is 0.932. The number of nitrogens with zero attached hydrogens (tertiary/aromatic N) is 5. The second-order valence-electron chi connectivity index (χ2n) is 13.0. The number of rotatable bonds is 6. The first-order chi connectivity index (χ1) is 20.3. The minimum absolute atomic E-state index is 0.0176. The van der Waals surface area contributed by atoms with Gasteiger partial charge in [0.15, 0.2) is 5.82 Å². The van der Waals surface area contributed by atoms with Crippen LogP contribution in [0.2, 0.25) is 0 Å². The number of phenolic OH excluding ortho intramolecular Hbond substituents is 1. The van der Waals surface area contributed by atoms with Gasteiger partial charge < -0.3 is 14.7 Å². The number of piperidine rings is 1. The number of phenols is 1. The lowest BCUT2D eigenvalue weighted by Crippen LogP contribution is -2.43.